The largest absolute Gasteiger partial charge is 0.468 e. The zero-order valence-electron chi connectivity index (χ0n) is 23.5. The summed E-state index contributed by atoms with van der Waals surface area (Å²) in [4.78, 5) is 53.2. The average Bonchev–Trinajstić information content (AvgIpc) is 2.83. The van der Waals surface area contributed by atoms with Crippen LogP contribution in [0, 0.1) is 5.92 Å². The quantitative estimate of drug-likeness (QED) is 0.279. The molecule has 0 spiro atoms. The van der Waals surface area contributed by atoms with Crippen molar-refractivity contribution in [1.82, 2.24) is 15.5 Å². The van der Waals surface area contributed by atoms with Crippen LogP contribution in [0.25, 0.3) is 0 Å². The fourth-order valence-corrected chi connectivity index (χ4v) is 3.82. The van der Waals surface area contributed by atoms with E-state index < -0.39 is 41.6 Å². The van der Waals surface area contributed by atoms with Gasteiger partial charge in [0.2, 0.25) is 11.8 Å². The van der Waals surface area contributed by atoms with Gasteiger partial charge in [0.25, 0.3) is 0 Å². The Morgan fingerprint density at radius 3 is 2.14 bits per heavy atom. The second-order valence-electron chi connectivity index (χ2n) is 10.4. The number of alkyl carbamates (subject to hydrolysis) is 1. The summed E-state index contributed by atoms with van der Waals surface area (Å²) >= 11 is 0. The maximum Gasteiger partial charge on any atom is 0.408 e. The standard InChI is InChI=1S/C28H45N3O6/c1-8-9-10-11-15-18-31(26(34)23(20(2)3)30-27(35)37-28(4,5)6)24(21-16-13-12-14-17-21)25(33)29-19-22(32)36-7/h12-14,16-17,20,23-24H,8-11,15,18-19H2,1-7H3,(H,29,33)(H,30,35). The van der Waals surface area contributed by atoms with Gasteiger partial charge in [-0.15, -0.1) is 0 Å². The van der Waals surface area contributed by atoms with E-state index in [9.17, 15) is 19.2 Å². The minimum Gasteiger partial charge on any atom is -0.468 e. The molecule has 0 heterocycles. The van der Waals surface area contributed by atoms with E-state index in [2.05, 4.69) is 22.3 Å². The van der Waals surface area contributed by atoms with Crippen molar-refractivity contribution >= 4 is 23.9 Å². The van der Waals surface area contributed by atoms with Crippen LogP contribution in [0.3, 0.4) is 0 Å². The van der Waals surface area contributed by atoms with Crippen LogP contribution in [0.15, 0.2) is 30.3 Å². The number of methoxy groups -OCH3 is 1. The SMILES string of the molecule is CCCCCCCN(C(=O)C(NC(=O)OC(C)(C)C)C(C)C)C(C(=O)NCC(=O)OC)c1ccccc1. The number of benzene rings is 1. The Morgan fingerprint density at radius 2 is 1.59 bits per heavy atom. The fraction of sp³-hybridized carbons (Fsp3) is 0.643. The highest BCUT2D eigenvalue weighted by Gasteiger charge is 2.37. The van der Waals surface area contributed by atoms with E-state index in [1.807, 2.05) is 19.9 Å². The summed E-state index contributed by atoms with van der Waals surface area (Å²) in [7, 11) is 1.24. The highest BCUT2D eigenvalue weighted by molar-refractivity contribution is 5.93. The van der Waals surface area contributed by atoms with Crippen LogP contribution in [0.1, 0.15) is 85.3 Å². The molecule has 0 bridgehead atoms. The Hall–Kier alpha value is -3.10. The van der Waals surface area contributed by atoms with E-state index >= 15 is 0 Å². The maximum atomic E-state index is 14.0. The zero-order valence-corrected chi connectivity index (χ0v) is 23.5. The fourth-order valence-electron chi connectivity index (χ4n) is 3.82. The van der Waals surface area contributed by atoms with Crippen molar-refractivity contribution in [3.63, 3.8) is 0 Å². The first-order valence-corrected chi connectivity index (χ1v) is 13.1. The molecule has 0 aliphatic rings. The smallest absolute Gasteiger partial charge is 0.408 e. The van der Waals surface area contributed by atoms with Crippen LogP contribution >= 0.6 is 0 Å². The molecule has 208 valence electrons. The Labute approximate surface area is 221 Å². The normalized spacial score (nSPS) is 12.9. The van der Waals surface area contributed by atoms with Gasteiger partial charge in [-0.3, -0.25) is 14.4 Å². The minimum absolute atomic E-state index is 0.267. The van der Waals surface area contributed by atoms with E-state index in [-0.39, 0.29) is 12.5 Å². The molecule has 0 saturated heterocycles. The molecule has 0 fully saturated rings. The monoisotopic (exact) mass is 519 g/mol. The number of amides is 3. The van der Waals surface area contributed by atoms with E-state index in [0.717, 1.165) is 25.7 Å². The maximum absolute atomic E-state index is 14.0. The third kappa shape index (κ3) is 11.7. The van der Waals surface area contributed by atoms with Crippen molar-refractivity contribution in [2.45, 2.75) is 91.3 Å². The van der Waals surface area contributed by atoms with Crippen LogP contribution in [0.2, 0.25) is 0 Å². The molecule has 3 amide bonds. The van der Waals surface area contributed by atoms with Crippen LogP contribution in [0.5, 0.6) is 0 Å². The van der Waals surface area contributed by atoms with Gasteiger partial charge >= 0.3 is 12.1 Å². The molecule has 9 nitrogen and oxygen atoms in total. The lowest BCUT2D eigenvalue weighted by molar-refractivity contribution is -0.145. The first kappa shape index (κ1) is 31.9. The molecule has 1 aromatic carbocycles. The van der Waals surface area contributed by atoms with E-state index in [0.29, 0.717) is 18.5 Å². The lowest BCUT2D eigenvalue weighted by atomic mass is 9.98. The molecule has 37 heavy (non-hydrogen) atoms. The Morgan fingerprint density at radius 1 is 0.973 bits per heavy atom. The predicted molar refractivity (Wildman–Crippen MR) is 143 cm³/mol. The average molecular weight is 520 g/mol. The molecule has 1 aromatic rings. The van der Waals surface area contributed by atoms with Crippen molar-refractivity contribution in [1.29, 1.82) is 0 Å². The first-order chi connectivity index (χ1) is 17.4. The van der Waals surface area contributed by atoms with Gasteiger partial charge in [0, 0.05) is 6.54 Å². The van der Waals surface area contributed by atoms with Crippen molar-refractivity contribution < 1.29 is 28.7 Å². The first-order valence-electron chi connectivity index (χ1n) is 13.1. The number of rotatable bonds is 14. The van der Waals surface area contributed by atoms with Crippen LogP contribution in [-0.4, -0.2) is 60.6 Å². The molecule has 1 rings (SSSR count). The van der Waals surface area contributed by atoms with Crippen molar-refractivity contribution in [2.75, 3.05) is 20.2 Å². The molecule has 9 heteroatoms. The lowest BCUT2D eigenvalue weighted by Crippen LogP contribution is -2.55. The number of nitrogens with zero attached hydrogens (tertiary/aromatic N) is 1. The van der Waals surface area contributed by atoms with Gasteiger partial charge in [0.05, 0.1) is 7.11 Å². The van der Waals surface area contributed by atoms with Crippen LogP contribution < -0.4 is 10.6 Å². The number of nitrogens with one attached hydrogen (secondary N) is 2. The summed E-state index contributed by atoms with van der Waals surface area (Å²) in [6.07, 6.45) is 4.08. The molecular weight excluding hydrogens is 474 g/mol. The Bertz CT molecular complexity index is 866. The van der Waals surface area contributed by atoms with E-state index in [1.54, 1.807) is 45.0 Å². The van der Waals surface area contributed by atoms with Gasteiger partial charge in [-0.2, -0.15) is 0 Å². The van der Waals surface area contributed by atoms with Crippen molar-refractivity contribution in [3.8, 4) is 0 Å². The van der Waals surface area contributed by atoms with E-state index in [1.165, 1.54) is 12.0 Å². The van der Waals surface area contributed by atoms with Gasteiger partial charge < -0.3 is 25.0 Å². The second-order valence-corrected chi connectivity index (χ2v) is 10.4. The molecule has 0 aliphatic carbocycles. The van der Waals surface area contributed by atoms with Crippen LogP contribution in [-0.2, 0) is 23.9 Å². The Balaban J connectivity index is 3.36. The zero-order chi connectivity index (χ0) is 28.0. The number of hydrogen-bond donors (Lipinski definition) is 2. The molecule has 2 N–H and O–H groups in total. The molecule has 0 radical (unpaired) electrons. The number of unbranched alkanes of at least 4 members (excludes halogenated alkanes) is 4. The van der Waals surface area contributed by atoms with Gasteiger partial charge in [0.1, 0.15) is 24.2 Å². The van der Waals surface area contributed by atoms with Gasteiger partial charge in [-0.1, -0.05) is 76.8 Å². The van der Waals surface area contributed by atoms with Crippen LogP contribution in [0.4, 0.5) is 4.79 Å². The minimum atomic E-state index is -0.994. The molecule has 0 aliphatic heterocycles. The molecule has 0 aromatic heterocycles. The topological polar surface area (TPSA) is 114 Å². The summed E-state index contributed by atoms with van der Waals surface area (Å²) in [5.41, 5.74) is -0.125. The summed E-state index contributed by atoms with van der Waals surface area (Å²) < 4.78 is 10.0. The number of hydrogen-bond acceptors (Lipinski definition) is 6. The molecule has 2 atom stereocenters. The number of esters is 1. The molecule has 0 saturated carbocycles. The van der Waals surface area contributed by atoms with Crippen molar-refractivity contribution in [3.05, 3.63) is 35.9 Å². The third-order valence-corrected chi connectivity index (χ3v) is 5.70. The van der Waals surface area contributed by atoms with Gasteiger partial charge in [-0.05, 0) is 38.7 Å². The number of ether oxygens (including phenoxy) is 2. The van der Waals surface area contributed by atoms with E-state index in [4.69, 9.17) is 4.74 Å². The van der Waals surface area contributed by atoms with Gasteiger partial charge in [-0.25, -0.2) is 4.79 Å². The van der Waals surface area contributed by atoms with Gasteiger partial charge in [0.15, 0.2) is 0 Å². The number of carbonyl (C=O) groups is 4. The molecule has 2 unspecified atom stereocenters. The van der Waals surface area contributed by atoms with Crippen molar-refractivity contribution in [2.24, 2.45) is 5.92 Å². The highest BCUT2D eigenvalue weighted by atomic mass is 16.6. The summed E-state index contributed by atoms with van der Waals surface area (Å²) in [6, 6.07) is 7.04. The summed E-state index contributed by atoms with van der Waals surface area (Å²) in [5.74, 6) is -1.75. The summed E-state index contributed by atoms with van der Waals surface area (Å²) in [5, 5.41) is 5.31. The predicted octanol–water partition coefficient (Wildman–Crippen LogP) is 4.37. The number of carbonyl (C=O) groups excluding carboxylic acids is 4. The Kier molecular flexibility index (Phi) is 13.7. The summed E-state index contributed by atoms with van der Waals surface area (Å²) in [6.45, 7) is 11.0. The lowest BCUT2D eigenvalue weighted by Gasteiger charge is -2.35. The third-order valence-electron chi connectivity index (χ3n) is 5.70. The highest BCUT2D eigenvalue weighted by Crippen LogP contribution is 2.25. The second kappa shape index (κ2) is 15.9. The molecular formula is C28H45N3O6.